The molecule has 5 rings (SSSR count). The van der Waals surface area contributed by atoms with E-state index in [0.29, 0.717) is 36.7 Å². The fraction of sp³-hybridized carbons (Fsp3) is 0.688. The van der Waals surface area contributed by atoms with Crippen LogP contribution < -0.4 is 0 Å². The van der Waals surface area contributed by atoms with Crippen molar-refractivity contribution in [2.45, 2.75) is 90.3 Å². The number of halogens is 1. The molecular weight excluding hydrogens is 510 g/mol. The fourth-order valence-corrected chi connectivity index (χ4v) is 7.17. The molecule has 3 aliphatic heterocycles. The molecule has 0 N–H and O–H groups in total. The van der Waals surface area contributed by atoms with Crippen molar-refractivity contribution in [3.05, 3.63) is 46.5 Å². The first kappa shape index (κ1) is 28.6. The number of ether oxygens (including phenoxy) is 1. The molecule has 1 aliphatic carbocycles. The maximum absolute atomic E-state index is 14.2. The second-order valence-electron chi connectivity index (χ2n) is 13.9. The number of likely N-dealkylation sites (tertiary alicyclic amines) is 2. The van der Waals surface area contributed by atoms with Crippen molar-refractivity contribution in [3.63, 3.8) is 0 Å². The molecule has 0 spiro atoms. The third kappa shape index (κ3) is 6.23. The molecular formula is C32H46ClN3O3. The van der Waals surface area contributed by atoms with Crippen LogP contribution in [0, 0.1) is 11.3 Å². The van der Waals surface area contributed by atoms with Crippen LogP contribution >= 0.6 is 11.6 Å². The number of hydrogen-bond donors (Lipinski definition) is 0. The van der Waals surface area contributed by atoms with Crippen molar-refractivity contribution in [1.82, 2.24) is 14.7 Å². The van der Waals surface area contributed by atoms with Gasteiger partial charge >= 0.3 is 0 Å². The molecule has 1 saturated carbocycles. The Hall–Kier alpha value is -1.89. The molecule has 6 nitrogen and oxygen atoms in total. The lowest BCUT2D eigenvalue weighted by atomic mass is 9.75. The number of amides is 2. The summed E-state index contributed by atoms with van der Waals surface area (Å²) < 4.78 is 5.52. The first-order chi connectivity index (χ1) is 18.4. The number of carbonyl (C=O) groups is 2. The molecule has 3 fully saturated rings. The van der Waals surface area contributed by atoms with E-state index in [0.717, 1.165) is 50.8 Å². The number of rotatable bonds is 5. The summed E-state index contributed by atoms with van der Waals surface area (Å²) >= 11 is 6.19. The molecule has 39 heavy (non-hydrogen) atoms. The Morgan fingerprint density at radius 2 is 1.69 bits per heavy atom. The van der Waals surface area contributed by atoms with Crippen molar-refractivity contribution >= 4 is 23.4 Å². The molecule has 2 saturated heterocycles. The van der Waals surface area contributed by atoms with Crippen molar-refractivity contribution in [1.29, 1.82) is 0 Å². The Balaban J connectivity index is 1.34. The lowest BCUT2D eigenvalue weighted by molar-refractivity contribution is -0.137. The van der Waals surface area contributed by atoms with Crippen LogP contribution in [0.2, 0.25) is 5.02 Å². The summed E-state index contributed by atoms with van der Waals surface area (Å²) in [5.74, 6) is 0.377. The minimum atomic E-state index is -0.102. The molecule has 3 heterocycles. The van der Waals surface area contributed by atoms with Gasteiger partial charge in [0, 0.05) is 54.3 Å². The minimum absolute atomic E-state index is 0.0116. The van der Waals surface area contributed by atoms with Gasteiger partial charge in [-0.1, -0.05) is 37.6 Å². The van der Waals surface area contributed by atoms with Gasteiger partial charge in [-0.2, -0.15) is 0 Å². The monoisotopic (exact) mass is 555 g/mol. The quantitative estimate of drug-likeness (QED) is 0.481. The summed E-state index contributed by atoms with van der Waals surface area (Å²) in [6.07, 6.45) is 7.08. The third-order valence-corrected chi connectivity index (χ3v) is 9.92. The highest BCUT2D eigenvalue weighted by Gasteiger charge is 2.46. The van der Waals surface area contributed by atoms with Crippen LogP contribution in [0.25, 0.3) is 0 Å². The number of hydrogen-bond acceptors (Lipinski definition) is 4. The van der Waals surface area contributed by atoms with Crippen molar-refractivity contribution in [2.75, 3.05) is 39.4 Å². The van der Waals surface area contributed by atoms with E-state index in [4.69, 9.17) is 16.3 Å². The summed E-state index contributed by atoms with van der Waals surface area (Å²) in [5, 5.41) is 0.716. The molecule has 0 aromatic heterocycles. The zero-order chi connectivity index (χ0) is 27.9. The summed E-state index contributed by atoms with van der Waals surface area (Å²) in [5.41, 5.74) is 2.28. The molecule has 3 atom stereocenters. The van der Waals surface area contributed by atoms with Gasteiger partial charge in [-0.15, -0.1) is 0 Å². The highest BCUT2D eigenvalue weighted by molar-refractivity contribution is 6.30. The van der Waals surface area contributed by atoms with E-state index in [-0.39, 0.29) is 41.3 Å². The third-order valence-electron chi connectivity index (χ3n) is 9.67. The molecule has 1 aromatic carbocycles. The van der Waals surface area contributed by atoms with E-state index in [1.165, 1.54) is 5.56 Å². The topological polar surface area (TPSA) is 53.1 Å². The molecule has 0 bridgehead atoms. The molecule has 0 unspecified atom stereocenters. The Kier molecular flexibility index (Phi) is 8.21. The van der Waals surface area contributed by atoms with E-state index >= 15 is 0 Å². The fourth-order valence-electron chi connectivity index (χ4n) is 7.05. The highest BCUT2D eigenvalue weighted by atomic mass is 35.5. The molecule has 7 heteroatoms. The standard InChI is InChI=1S/C32H46ClN3O3/c1-31(2,3)35-19-27(22-6-8-24(33)9-7-22)28(20-35)30(38)34-16-12-26(18-34)36(29(37)23-13-17-39-21-23)25-10-14-32(4,5)15-11-25/h6-9,13,25-28H,10-12,14-21H2,1-5H3/t26-,27-,28+/m0/s1. The maximum Gasteiger partial charge on any atom is 0.252 e. The predicted molar refractivity (Wildman–Crippen MR) is 156 cm³/mol. The second kappa shape index (κ2) is 11.2. The minimum Gasteiger partial charge on any atom is -0.372 e. The molecule has 2 amide bonds. The Morgan fingerprint density at radius 1 is 1.00 bits per heavy atom. The average Bonchev–Trinajstić information content (AvgIpc) is 3.65. The van der Waals surface area contributed by atoms with E-state index in [1.807, 2.05) is 18.2 Å². The van der Waals surface area contributed by atoms with Gasteiger partial charge in [0.15, 0.2) is 0 Å². The zero-order valence-corrected chi connectivity index (χ0v) is 25.2. The van der Waals surface area contributed by atoms with Gasteiger partial charge < -0.3 is 14.5 Å². The van der Waals surface area contributed by atoms with Crippen molar-refractivity contribution in [2.24, 2.45) is 11.3 Å². The molecule has 214 valence electrons. The van der Waals surface area contributed by atoms with Gasteiger partial charge in [0.1, 0.15) is 0 Å². The van der Waals surface area contributed by atoms with Crippen LogP contribution in [0.3, 0.4) is 0 Å². The Morgan fingerprint density at radius 3 is 2.31 bits per heavy atom. The Bertz CT molecular complexity index is 1080. The average molecular weight is 556 g/mol. The number of benzene rings is 1. The second-order valence-corrected chi connectivity index (χ2v) is 14.4. The largest absolute Gasteiger partial charge is 0.372 e. The first-order valence-corrected chi connectivity index (χ1v) is 15.2. The zero-order valence-electron chi connectivity index (χ0n) is 24.4. The SMILES string of the molecule is CC1(C)CCC(N(C(=O)C2=CCOC2)[C@H]2CCN(C(=O)[C@@H]3CN(C(C)(C)C)C[C@H]3c3ccc(Cl)cc3)C2)CC1. The van der Waals surface area contributed by atoms with Crippen LogP contribution in [0.1, 0.15) is 78.2 Å². The van der Waals surface area contributed by atoms with E-state index in [9.17, 15) is 9.59 Å². The number of nitrogens with zero attached hydrogens (tertiary/aromatic N) is 3. The van der Waals surface area contributed by atoms with Gasteiger partial charge in [0.05, 0.1) is 25.2 Å². The van der Waals surface area contributed by atoms with Gasteiger partial charge in [-0.3, -0.25) is 14.5 Å². The smallest absolute Gasteiger partial charge is 0.252 e. The van der Waals surface area contributed by atoms with Gasteiger partial charge in [-0.25, -0.2) is 0 Å². The van der Waals surface area contributed by atoms with Crippen LogP contribution in [-0.4, -0.2) is 83.5 Å². The van der Waals surface area contributed by atoms with E-state index in [1.54, 1.807) is 0 Å². The van der Waals surface area contributed by atoms with Crippen LogP contribution in [-0.2, 0) is 14.3 Å². The maximum atomic E-state index is 14.2. The predicted octanol–water partition coefficient (Wildman–Crippen LogP) is 5.51. The summed E-state index contributed by atoms with van der Waals surface area (Å²) in [4.78, 5) is 34.6. The normalized spacial score (nSPS) is 28.1. The highest BCUT2D eigenvalue weighted by Crippen LogP contribution is 2.41. The summed E-state index contributed by atoms with van der Waals surface area (Å²) in [6.45, 7) is 15.2. The Labute approximate surface area is 239 Å². The lowest BCUT2D eigenvalue weighted by Crippen LogP contribution is -2.51. The van der Waals surface area contributed by atoms with E-state index < -0.39 is 0 Å². The van der Waals surface area contributed by atoms with Gasteiger partial charge in [-0.05, 0) is 82.1 Å². The van der Waals surface area contributed by atoms with Crippen molar-refractivity contribution < 1.29 is 14.3 Å². The van der Waals surface area contributed by atoms with Crippen molar-refractivity contribution in [3.8, 4) is 0 Å². The number of carbonyl (C=O) groups excluding carboxylic acids is 2. The summed E-state index contributed by atoms with van der Waals surface area (Å²) in [6, 6.07) is 8.31. The lowest BCUT2D eigenvalue weighted by Gasteiger charge is -2.43. The first-order valence-electron chi connectivity index (χ1n) is 14.8. The molecule has 0 radical (unpaired) electrons. The van der Waals surface area contributed by atoms with Crippen LogP contribution in [0.5, 0.6) is 0 Å². The van der Waals surface area contributed by atoms with Gasteiger partial charge in [0.2, 0.25) is 5.91 Å². The van der Waals surface area contributed by atoms with Crippen LogP contribution in [0.15, 0.2) is 35.9 Å². The van der Waals surface area contributed by atoms with Gasteiger partial charge in [0.25, 0.3) is 5.91 Å². The molecule has 4 aliphatic rings. The summed E-state index contributed by atoms with van der Waals surface area (Å²) in [7, 11) is 0. The molecule has 1 aromatic rings. The van der Waals surface area contributed by atoms with E-state index in [2.05, 4.69) is 61.5 Å². The van der Waals surface area contributed by atoms with Crippen LogP contribution in [0.4, 0.5) is 0 Å².